The smallest absolute Gasteiger partial charge is 0.305 e. The molecular weight excluding hydrogens is 288 g/mol. The molecule has 3 heteroatoms. The molecule has 0 aromatic rings. The van der Waals surface area contributed by atoms with Gasteiger partial charge in [0, 0.05) is 12.0 Å². The van der Waals surface area contributed by atoms with Crippen molar-refractivity contribution in [2.45, 2.75) is 103 Å². The van der Waals surface area contributed by atoms with Gasteiger partial charge in [0.05, 0.1) is 7.11 Å². The van der Waals surface area contributed by atoms with Gasteiger partial charge in [0.2, 0.25) is 0 Å². The summed E-state index contributed by atoms with van der Waals surface area (Å²) in [5, 5.41) is 0. The molecule has 0 aromatic carbocycles. The van der Waals surface area contributed by atoms with Gasteiger partial charge < -0.3 is 4.74 Å². The number of ether oxygens (including phenoxy) is 1. The molecule has 0 heterocycles. The van der Waals surface area contributed by atoms with E-state index in [1.54, 1.807) is 0 Å². The molecule has 0 saturated carbocycles. The zero-order valence-electron chi connectivity index (χ0n) is 15.3. The van der Waals surface area contributed by atoms with E-state index < -0.39 is 0 Å². The van der Waals surface area contributed by atoms with Crippen LogP contribution in [0.4, 0.5) is 0 Å². The third-order valence-corrected chi connectivity index (χ3v) is 4.31. The molecule has 0 rings (SSSR count). The molecule has 0 saturated heterocycles. The fraction of sp³-hybridized carbons (Fsp3) is 0.850. The predicted octanol–water partition coefficient (Wildman–Crippen LogP) is 5.79. The monoisotopic (exact) mass is 324 g/mol. The van der Waals surface area contributed by atoms with Crippen molar-refractivity contribution in [3.05, 3.63) is 5.57 Å². The SMILES string of the molecule is CCCCCCCCC(=C=O)CCCCCCCCC(=O)OC. The molecule has 0 bridgehead atoms. The van der Waals surface area contributed by atoms with E-state index in [-0.39, 0.29) is 5.97 Å². The summed E-state index contributed by atoms with van der Waals surface area (Å²) in [6.07, 6.45) is 16.6. The Morgan fingerprint density at radius 3 is 1.61 bits per heavy atom. The number of carbonyl (C=O) groups is 1. The van der Waals surface area contributed by atoms with Crippen LogP contribution in [-0.4, -0.2) is 19.0 Å². The summed E-state index contributed by atoms with van der Waals surface area (Å²) in [4.78, 5) is 21.9. The van der Waals surface area contributed by atoms with Gasteiger partial charge in [-0.2, -0.15) is 0 Å². The van der Waals surface area contributed by atoms with Crippen molar-refractivity contribution in [3.63, 3.8) is 0 Å². The third kappa shape index (κ3) is 15.6. The van der Waals surface area contributed by atoms with Crippen LogP contribution in [0.15, 0.2) is 5.57 Å². The first-order valence-corrected chi connectivity index (χ1v) is 9.54. The van der Waals surface area contributed by atoms with E-state index in [1.807, 2.05) is 0 Å². The van der Waals surface area contributed by atoms with Gasteiger partial charge in [0.1, 0.15) is 5.94 Å². The molecule has 134 valence electrons. The molecule has 0 aliphatic carbocycles. The number of hydrogen-bond donors (Lipinski definition) is 0. The van der Waals surface area contributed by atoms with Crippen molar-refractivity contribution >= 4 is 11.9 Å². The van der Waals surface area contributed by atoms with Crippen molar-refractivity contribution in [2.24, 2.45) is 0 Å². The van der Waals surface area contributed by atoms with Crippen LogP contribution in [0, 0.1) is 0 Å². The summed E-state index contributed by atoms with van der Waals surface area (Å²) in [6.45, 7) is 2.23. The van der Waals surface area contributed by atoms with E-state index in [2.05, 4.69) is 17.6 Å². The van der Waals surface area contributed by atoms with Crippen LogP contribution >= 0.6 is 0 Å². The predicted molar refractivity (Wildman–Crippen MR) is 96.2 cm³/mol. The number of methoxy groups -OCH3 is 1. The summed E-state index contributed by atoms with van der Waals surface area (Å²) < 4.78 is 4.62. The first-order chi connectivity index (χ1) is 11.2. The average molecular weight is 325 g/mol. The normalized spacial score (nSPS) is 10.3. The number of carbonyl (C=O) groups excluding carboxylic acids is 2. The largest absolute Gasteiger partial charge is 0.469 e. The molecule has 0 aliphatic heterocycles. The van der Waals surface area contributed by atoms with Gasteiger partial charge in [-0.3, -0.25) is 4.79 Å². The lowest BCUT2D eigenvalue weighted by Gasteiger charge is -2.04. The van der Waals surface area contributed by atoms with Crippen LogP contribution in [0.25, 0.3) is 0 Å². The minimum Gasteiger partial charge on any atom is -0.469 e. The van der Waals surface area contributed by atoms with E-state index in [1.165, 1.54) is 52.1 Å². The van der Waals surface area contributed by atoms with Crippen LogP contribution in [0.1, 0.15) is 103 Å². The van der Waals surface area contributed by atoms with Gasteiger partial charge in [-0.05, 0) is 32.1 Å². The quantitative estimate of drug-likeness (QED) is 0.205. The van der Waals surface area contributed by atoms with Crippen LogP contribution in [0.3, 0.4) is 0 Å². The second kappa shape index (κ2) is 17.3. The summed E-state index contributed by atoms with van der Waals surface area (Å²) in [6, 6.07) is 0. The molecule has 0 amide bonds. The summed E-state index contributed by atoms with van der Waals surface area (Å²) in [5.41, 5.74) is 0.978. The first kappa shape index (κ1) is 21.9. The second-order valence-corrected chi connectivity index (χ2v) is 6.42. The molecule has 0 aromatic heterocycles. The first-order valence-electron chi connectivity index (χ1n) is 9.54. The Morgan fingerprint density at radius 2 is 1.17 bits per heavy atom. The van der Waals surface area contributed by atoms with Gasteiger partial charge in [-0.25, -0.2) is 4.79 Å². The zero-order valence-corrected chi connectivity index (χ0v) is 15.3. The number of esters is 1. The molecule has 0 fully saturated rings. The molecule has 0 aliphatic rings. The Morgan fingerprint density at radius 1 is 0.739 bits per heavy atom. The van der Waals surface area contributed by atoms with Gasteiger partial charge in [-0.1, -0.05) is 64.7 Å². The molecule has 23 heavy (non-hydrogen) atoms. The fourth-order valence-electron chi connectivity index (χ4n) is 2.76. The van der Waals surface area contributed by atoms with Crippen LogP contribution in [0.2, 0.25) is 0 Å². The highest BCUT2D eigenvalue weighted by Crippen LogP contribution is 2.16. The number of unbranched alkanes of at least 4 members (excludes halogenated alkanes) is 10. The lowest BCUT2D eigenvalue weighted by molar-refractivity contribution is -0.140. The fourth-order valence-corrected chi connectivity index (χ4v) is 2.76. The van der Waals surface area contributed by atoms with Crippen molar-refractivity contribution in [3.8, 4) is 0 Å². The molecule has 0 spiro atoms. The van der Waals surface area contributed by atoms with Crippen LogP contribution in [-0.2, 0) is 14.3 Å². The summed E-state index contributed by atoms with van der Waals surface area (Å²) in [7, 11) is 1.44. The minimum absolute atomic E-state index is 0.111. The Kier molecular flexibility index (Phi) is 16.5. The maximum atomic E-state index is 11.0. The minimum atomic E-state index is -0.111. The molecule has 0 unspecified atom stereocenters. The molecule has 0 N–H and O–H groups in total. The van der Waals surface area contributed by atoms with Gasteiger partial charge in [-0.15, -0.1) is 0 Å². The standard InChI is InChI=1S/C20H36O3/c1-3-4-5-6-9-12-15-19(18-21)16-13-10-7-8-11-14-17-20(22)23-2/h3-17H2,1-2H3. The lowest BCUT2D eigenvalue weighted by atomic mass is 10.0. The summed E-state index contributed by atoms with van der Waals surface area (Å²) in [5.74, 6) is 2.04. The molecule has 0 atom stereocenters. The lowest BCUT2D eigenvalue weighted by Crippen LogP contribution is -1.99. The van der Waals surface area contributed by atoms with Crippen molar-refractivity contribution in [1.82, 2.24) is 0 Å². The molecule has 3 nitrogen and oxygen atoms in total. The second-order valence-electron chi connectivity index (χ2n) is 6.42. The highest BCUT2D eigenvalue weighted by Gasteiger charge is 2.01. The van der Waals surface area contributed by atoms with Crippen LogP contribution < -0.4 is 0 Å². The Hall–Kier alpha value is -1.08. The Bertz CT molecular complexity index is 330. The third-order valence-electron chi connectivity index (χ3n) is 4.31. The van der Waals surface area contributed by atoms with Crippen molar-refractivity contribution in [1.29, 1.82) is 0 Å². The van der Waals surface area contributed by atoms with Gasteiger partial charge >= 0.3 is 5.97 Å². The van der Waals surface area contributed by atoms with Gasteiger partial charge in [0.15, 0.2) is 0 Å². The van der Waals surface area contributed by atoms with Gasteiger partial charge in [0.25, 0.3) is 0 Å². The Labute approximate surface area is 142 Å². The topological polar surface area (TPSA) is 43.4 Å². The average Bonchev–Trinajstić information content (AvgIpc) is 2.57. The Balaban J connectivity index is 3.40. The van der Waals surface area contributed by atoms with Crippen LogP contribution in [0.5, 0.6) is 0 Å². The van der Waals surface area contributed by atoms with E-state index >= 15 is 0 Å². The highest BCUT2D eigenvalue weighted by atomic mass is 16.5. The van der Waals surface area contributed by atoms with E-state index in [4.69, 9.17) is 0 Å². The maximum Gasteiger partial charge on any atom is 0.305 e. The van der Waals surface area contributed by atoms with E-state index in [0.29, 0.717) is 6.42 Å². The van der Waals surface area contributed by atoms with E-state index in [0.717, 1.165) is 50.5 Å². The number of allylic oxidation sites excluding steroid dienone is 1. The zero-order chi connectivity index (χ0) is 17.2. The maximum absolute atomic E-state index is 11.0. The number of rotatable bonds is 16. The van der Waals surface area contributed by atoms with E-state index in [9.17, 15) is 9.59 Å². The molecule has 0 radical (unpaired) electrons. The highest BCUT2D eigenvalue weighted by molar-refractivity contribution is 5.68. The molecular formula is C20H36O3. The van der Waals surface area contributed by atoms with Crippen molar-refractivity contribution < 1.29 is 14.3 Å². The number of hydrogen-bond acceptors (Lipinski definition) is 3. The van der Waals surface area contributed by atoms with Crippen molar-refractivity contribution in [2.75, 3.05) is 7.11 Å². The summed E-state index contributed by atoms with van der Waals surface area (Å²) >= 11 is 0.